The first-order chi connectivity index (χ1) is 16.7. The van der Waals surface area contributed by atoms with Crippen molar-refractivity contribution in [1.82, 2.24) is 9.55 Å². The molecule has 3 rings (SSSR count). The van der Waals surface area contributed by atoms with Crippen molar-refractivity contribution < 1.29 is 19.7 Å². The van der Waals surface area contributed by atoms with Gasteiger partial charge < -0.3 is 19.5 Å². The van der Waals surface area contributed by atoms with Gasteiger partial charge in [-0.15, -0.1) is 0 Å². The molecule has 2 N–H and O–H groups in total. The second-order valence-corrected chi connectivity index (χ2v) is 9.61. The monoisotopic (exact) mass is 517 g/mol. The summed E-state index contributed by atoms with van der Waals surface area (Å²) in [4.78, 5) is 15.5. The van der Waals surface area contributed by atoms with Gasteiger partial charge in [-0.2, -0.15) is 5.26 Å². The molecule has 1 aromatic carbocycles. The summed E-state index contributed by atoms with van der Waals surface area (Å²) in [5.74, 6) is -1.10. The van der Waals surface area contributed by atoms with Crippen molar-refractivity contribution in [3.63, 3.8) is 0 Å². The number of aliphatic carboxylic acids is 1. The van der Waals surface area contributed by atoms with Gasteiger partial charge in [0.25, 0.3) is 0 Å². The van der Waals surface area contributed by atoms with Gasteiger partial charge in [0.15, 0.2) is 0 Å². The van der Waals surface area contributed by atoms with Crippen LogP contribution in [0.2, 0.25) is 10.0 Å². The highest BCUT2D eigenvalue weighted by Gasteiger charge is 2.24. The predicted molar refractivity (Wildman–Crippen MR) is 135 cm³/mol. The van der Waals surface area contributed by atoms with Crippen LogP contribution in [-0.4, -0.2) is 32.3 Å². The number of aliphatic hydroxyl groups excluding tert-OH is 1. The minimum atomic E-state index is -0.894. The number of aromatic nitrogens is 2. The van der Waals surface area contributed by atoms with Gasteiger partial charge in [-0.05, 0) is 49.8 Å². The second-order valence-electron chi connectivity index (χ2n) is 8.79. The van der Waals surface area contributed by atoms with E-state index in [1.54, 1.807) is 24.3 Å². The third-order valence-electron chi connectivity index (χ3n) is 6.06. The molecule has 0 saturated heterocycles. The van der Waals surface area contributed by atoms with E-state index < -0.39 is 12.1 Å². The van der Waals surface area contributed by atoms with E-state index in [2.05, 4.69) is 11.1 Å². The second kappa shape index (κ2) is 12.4. The van der Waals surface area contributed by atoms with Crippen molar-refractivity contribution in [2.24, 2.45) is 13.0 Å². The van der Waals surface area contributed by atoms with Crippen molar-refractivity contribution >= 4 is 40.2 Å². The van der Waals surface area contributed by atoms with Gasteiger partial charge in [-0.25, -0.2) is 4.98 Å². The first-order valence-corrected chi connectivity index (χ1v) is 12.3. The molecule has 2 unspecified atom stereocenters. The molecule has 0 bridgehead atoms. The molecule has 2 heterocycles. The van der Waals surface area contributed by atoms with E-state index in [1.807, 2.05) is 18.5 Å². The predicted octanol–water partition coefficient (Wildman–Crippen LogP) is 5.83. The summed E-state index contributed by atoms with van der Waals surface area (Å²) in [7, 11) is 1.89. The van der Waals surface area contributed by atoms with Crippen LogP contribution in [0.25, 0.3) is 11.0 Å². The lowest BCUT2D eigenvalue weighted by molar-refractivity contribution is -0.138. The maximum absolute atomic E-state index is 11.1. The van der Waals surface area contributed by atoms with Crippen molar-refractivity contribution in [2.75, 3.05) is 6.61 Å². The normalized spacial score (nSPS) is 13.0. The van der Waals surface area contributed by atoms with Crippen molar-refractivity contribution in [1.29, 1.82) is 5.26 Å². The number of carbonyl (C=O) groups is 1. The van der Waals surface area contributed by atoms with E-state index in [9.17, 15) is 15.2 Å². The first-order valence-electron chi connectivity index (χ1n) is 11.5. The van der Waals surface area contributed by atoms with Gasteiger partial charge in [0.2, 0.25) is 0 Å². The number of aryl methyl sites for hydroxylation is 1. The lowest BCUT2D eigenvalue weighted by Crippen LogP contribution is -2.11. The lowest BCUT2D eigenvalue weighted by Gasteiger charge is -2.17. The number of fused-ring (bicyclic) bond motifs is 1. The number of rotatable bonds is 12. The Kier molecular flexibility index (Phi) is 9.53. The molecule has 0 amide bonds. The zero-order chi connectivity index (χ0) is 25.5. The number of aliphatic hydroxyl groups is 1. The molecule has 9 heteroatoms. The standard InChI is InChI=1S/C26H29Cl2N3O4/c1-16(11-24(33)34)10-23(32)25-18-12-17(13-29)14-30-26(18)31(2)22(25)8-3-4-9-35-15-19-20(27)6-5-7-21(19)28/h5-7,12,14,16,23,32H,3-4,8-11,15H2,1-2H3,(H,33,34). The zero-order valence-corrected chi connectivity index (χ0v) is 21.3. The van der Waals surface area contributed by atoms with Crippen molar-refractivity contribution in [3.8, 4) is 6.07 Å². The van der Waals surface area contributed by atoms with Crippen LogP contribution >= 0.6 is 23.2 Å². The fraction of sp³-hybridized carbons (Fsp3) is 0.423. The van der Waals surface area contributed by atoms with Crippen LogP contribution in [0.4, 0.5) is 0 Å². The molecule has 0 aliphatic carbocycles. The topological polar surface area (TPSA) is 108 Å². The Bertz CT molecular complexity index is 1220. The van der Waals surface area contributed by atoms with Crippen LogP contribution in [0.1, 0.15) is 61.1 Å². The van der Waals surface area contributed by atoms with E-state index in [1.165, 1.54) is 6.20 Å². The summed E-state index contributed by atoms with van der Waals surface area (Å²) in [5.41, 5.74) is 3.50. The van der Waals surface area contributed by atoms with Gasteiger partial charge in [0, 0.05) is 58.5 Å². The molecule has 0 aliphatic rings. The Hall–Kier alpha value is -2.63. The number of nitriles is 1. The van der Waals surface area contributed by atoms with Gasteiger partial charge in [-0.1, -0.05) is 36.2 Å². The number of pyridine rings is 1. The molecule has 7 nitrogen and oxygen atoms in total. The number of carboxylic acid groups (broad SMARTS) is 1. The average molecular weight is 518 g/mol. The highest BCUT2D eigenvalue weighted by molar-refractivity contribution is 6.35. The highest BCUT2D eigenvalue weighted by atomic mass is 35.5. The summed E-state index contributed by atoms with van der Waals surface area (Å²) in [6, 6.07) is 9.19. The molecule has 0 saturated carbocycles. The van der Waals surface area contributed by atoms with Crippen molar-refractivity contribution in [2.45, 2.75) is 51.7 Å². The SMILES string of the molecule is CC(CC(=O)O)CC(O)c1c(CCCCOCc2c(Cl)cccc2Cl)n(C)c2ncc(C#N)cc12. The minimum absolute atomic E-state index is 0.0222. The maximum Gasteiger partial charge on any atom is 0.303 e. The van der Waals surface area contributed by atoms with Crippen LogP contribution in [0.5, 0.6) is 0 Å². The number of ether oxygens (including phenoxy) is 1. The smallest absolute Gasteiger partial charge is 0.303 e. The number of nitrogens with zero attached hydrogens (tertiary/aromatic N) is 3. The lowest BCUT2D eigenvalue weighted by atomic mass is 9.93. The molecule has 186 valence electrons. The number of halogens is 2. The van der Waals surface area contributed by atoms with E-state index in [-0.39, 0.29) is 12.3 Å². The van der Waals surface area contributed by atoms with Crippen LogP contribution in [0.15, 0.2) is 30.5 Å². The highest BCUT2D eigenvalue weighted by Crippen LogP contribution is 2.35. The fourth-order valence-electron chi connectivity index (χ4n) is 4.34. The quantitative estimate of drug-likeness (QED) is 0.292. The summed E-state index contributed by atoms with van der Waals surface area (Å²) < 4.78 is 7.72. The van der Waals surface area contributed by atoms with E-state index >= 15 is 0 Å². The van der Waals surface area contributed by atoms with Gasteiger partial charge >= 0.3 is 5.97 Å². The Morgan fingerprint density at radius 3 is 2.66 bits per heavy atom. The molecule has 0 aliphatic heterocycles. The maximum atomic E-state index is 11.1. The van der Waals surface area contributed by atoms with Crippen LogP contribution in [-0.2, 0) is 29.6 Å². The van der Waals surface area contributed by atoms with Crippen LogP contribution in [0.3, 0.4) is 0 Å². The zero-order valence-electron chi connectivity index (χ0n) is 19.8. The molecule has 0 radical (unpaired) electrons. The Labute approximate surface area is 214 Å². The first kappa shape index (κ1) is 27.0. The number of unbranched alkanes of at least 4 members (excludes halogenated alkanes) is 1. The molecule has 0 fully saturated rings. The third kappa shape index (κ3) is 6.74. The van der Waals surface area contributed by atoms with Gasteiger partial charge in [0.1, 0.15) is 11.7 Å². The van der Waals surface area contributed by atoms with E-state index in [4.69, 9.17) is 33.0 Å². The molecule has 2 atom stereocenters. The van der Waals surface area contributed by atoms with Crippen LogP contribution in [0, 0.1) is 17.2 Å². The molecular formula is C26H29Cl2N3O4. The Morgan fingerprint density at radius 2 is 2.00 bits per heavy atom. The number of benzene rings is 1. The summed E-state index contributed by atoms with van der Waals surface area (Å²) in [6.07, 6.45) is 3.19. The van der Waals surface area contributed by atoms with Crippen molar-refractivity contribution in [3.05, 3.63) is 62.9 Å². The summed E-state index contributed by atoms with van der Waals surface area (Å²) in [6.45, 7) is 2.67. The van der Waals surface area contributed by atoms with E-state index in [0.29, 0.717) is 52.9 Å². The summed E-state index contributed by atoms with van der Waals surface area (Å²) in [5, 5.41) is 31.4. The number of carboxylic acids is 1. The molecule has 2 aromatic heterocycles. The Balaban J connectivity index is 1.71. The minimum Gasteiger partial charge on any atom is -0.481 e. The van der Waals surface area contributed by atoms with Crippen LogP contribution < -0.4 is 0 Å². The molecule has 0 spiro atoms. The molecular weight excluding hydrogens is 489 g/mol. The molecule has 35 heavy (non-hydrogen) atoms. The largest absolute Gasteiger partial charge is 0.481 e. The molecule has 3 aromatic rings. The van der Waals surface area contributed by atoms with E-state index in [0.717, 1.165) is 29.5 Å². The number of hydrogen-bond acceptors (Lipinski definition) is 5. The third-order valence-corrected chi connectivity index (χ3v) is 6.77. The van der Waals surface area contributed by atoms with Gasteiger partial charge in [0.05, 0.1) is 18.3 Å². The summed E-state index contributed by atoms with van der Waals surface area (Å²) >= 11 is 12.4. The fourth-order valence-corrected chi connectivity index (χ4v) is 4.85. The van der Waals surface area contributed by atoms with Gasteiger partial charge in [-0.3, -0.25) is 4.79 Å². The number of hydrogen-bond donors (Lipinski definition) is 2. The Morgan fingerprint density at radius 1 is 1.29 bits per heavy atom. The average Bonchev–Trinajstić information content (AvgIpc) is 3.08.